The Morgan fingerprint density at radius 2 is 1.90 bits per heavy atom. The van der Waals surface area contributed by atoms with Crippen LogP contribution in [0.2, 0.25) is 0 Å². The van der Waals surface area contributed by atoms with Crippen LogP contribution in [0.4, 0.5) is 0 Å². The molecular formula is C14H21NO4S2. The average molecular weight is 331 g/mol. The molecule has 2 rings (SSSR count). The van der Waals surface area contributed by atoms with Gasteiger partial charge in [0.1, 0.15) is 9.77 Å². The van der Waals surface area contributed by atoms with Gasteiger partial charge in [0.25, 0.3) is 0 Å². The van der Waals surface area contributed by atoms with Gasteiger partial charge in [-0.25, -0.2) is 13.2 Å². The fourth-order valence-corrected chi connectivity index (χ4v) is 5.63. The summed E-state index contributed by atoms with van der Waals surface area (Å²) < 4.78 is 26.7. The van der Waals surface area contributed by atoms with Gasteiger partial charge in [-0.2, -0.15) is 4.31 Å². The minimum atomic E-state index is -3.70. The summed E-state index contributed by atoms with van der Waals surface area (Å²) in [6.45, 7) is 5.24. The van der Waals surface area contributed by atoms with Crippen molar-refractivity contribution in [2.45, 2.75) is 44.4 Å². The first kappa shape index (κ1) is 16.5. The third-order valence-corrected chi connectivity index (χ3v) is 7.70. The summed E-state index contributed by atoms with van der Waals surface area (Å²) in [6, 6.07) is 1.39. The van der Waals surface area contributed by atoms with Crippen LogP contribution in [0.3, 0.4) is 0 Å². The summed E-state index contributed by atoms with van der Waals surface area (Å²) in [5, 5.41) is 10.6. The Labute approximate surface area is 129 Å². The van der Waals surface area contributed by atoms with Gasteiger partial charge in [-0.15, -0.1) is 11.3 Å². The van der Waals surface area contributed by atoms with E-state index in [9.17, 15) is 13.2 Å². The van der Waals surface area contributed by atoms with Crippen molar-refractivity contribution < 1.29 is 18.3 Å². The molecule has 0 aromatic carbocycles. The molecule has 0 atom stereocenters. The molecule has 0 unspecified atom stereocenters. The Bertz CT molecular complexity index is 607. The van der Waals surface area contributed by atoms with E-state index in [1.165, 1.54) is 15.8 Å². The highest BCUT2D eigenvalue weighted by Crippen LogP contribution is 2.39. The highest BCUT2D eigenvalue weighted by atomic mass is 32.2. The number of nitrogens with zero attached hydrogens (tertiary/aromatic N) is 1. The summed E-state index contributed by atoms with van der Waals surface area (Å²) in [5.74, 6) is -1.18. The van der Waals surface area contributed by atoms with Gasteiger partial charge in [-0.3, -0.25) is 0 Å². The molecule has 1 saturated heterocycles. The molecular weight excluding hydrogens is 310 g/mol. The molecule has 0 bridgehead atoms. The summed E-state index contributed by atoms with van der Waals surface area (Å²) in [4.78, 5) is 11.0. The molecule has 21 heavy (non-hydrogen) atoms. The number of hydrogen-bond acceptors (Lipinski definition) is 4. The second-order valence-electron chi connectivity index (χ2n) is 5.53. The molecule has 0 amide bonds. The summed E-state index contributed by atoms with van der Waals surface area (Å²) in [6.07, 6.45) is 3.78. The fourth-order valence-electron chi connectivity index (χ4n) is 2.95. The lowest BCUT2D eigenvalue weighted by Gasteiger charge is -2.40. The number of carboxylic acid groups (broad SMARTS) is 1. The predicted molar refractivity (Wildman–Crippen MR) is 82.3 cm³/mol. The number of thiophene rings is 1. The lowest BCUT2D eigenvalue weighted by molar-refractivity contribution is 0.0698. The maximum atomic E-state index is 12.6. The molecule has 0 saturated carbocycles. The van der Waals surface area contributed by atoms with E-state index in [0.29, 0.717) is 13.1 Å². The minimum Gasteiger partial charge on any atom is -0.477 e. The molecule has 2 heterocycles. The first-order valence-corrected chi connectivity index (χ1v) is 9.49. The molecule has 1 N–H and O–H groups in total. The molecule has 1 aromatic heterocycles. The molecule has 0 aliphatic carbocycles. The van der Waals surface area contributed by atoms with E-state index in [-0.39, 0.29) is 15.2 Å². The topological polar surface area (TPSA) is 74.7 Å². The Balaban J connectivity index is 2.23. The molecule has 0 radical (unpaired) electrons. The van der Waals surface area contributed by atoms with Crippen LogP contribution in [0.15, 0.2) is 16.3 Å². The molecule has 5 nitrogen and oxygen atoms in total. The lowest BCUT2D eigenvalue weighted by Crippen LogP contribution is -2.42. The van der Waals surface area contributed by atoms with Crippen molar-refractivity contribution in [2.75, 3.05) is 13.1 Å². The number of sulfonamides is 1. The zero-order valence-electron chi connectivity index (χ0n) is 12.3. The van der Waals surface area contributed by atoms with E-state index in [1.54, 1.807) is 0 Å². The second kappa shape index (κ2) is 6.06. The monoisotopic (exact) mass is 331 g/mol. The first-order valence-electron chi connectivity index (χ1n) is 7.17. The normalized spacial score (nSPS) is 19.5. The number of aromatic carboxylic acids is 1. The lowest BCUT2D eigenvalue weighted by atomic mass is 9.75. The SMILES string of the molecule is CCC1(CC)CCN(S(=O)(=O)c2ccsc2C(=O)O)CC1. The van der Waals surface area contributed by atoms with Gasteiger partial charge in [-0.1, -0.05) is 26.7 Å². The second-order valence-corrected chi connectivity index (χ2v) is 8.35. The van der Waals surface area contributed by atoms with Gasteiger partial charge in [0.05, 0.1) is 0 Å². The maximum Gasteiger partial charge on any atom is 0.347 e. The molecule has 7 heteroatoms. The van der Waals surface area contributed by atoms with Crippen molar-refractivity contribution >= 4 is 27.3 Å². The van der Waals surface area contributed by atoms with E-state index in [0.717, 1.165) is 37.0 Å². The zero-order valence-corrected chi connectivity index (χ0v) is 14.0. The summed E-state index contributed by atoms with van der Waals surface area (Å²) in [7, 11) is -3.70. The van der Waals surface area contributed by atoms with Gasteiger partial charge in [0.2, 0.25) is 10.0 Å². The quantitative estimate of drug-likeness (QED) is 0.900. The predicted octanol–water partition coefficient (Wildman–Crippen LogP) is 3.04. The van der Waals surface area contributed by atoms with Crippen molar-refractivity contribution in [3.8, 4) is 0 Å². The van der Waals surface area contributed by atoms with Crippen LogP contribution in [0, 0.1) is 5.41 Å². The van der Waals surface area contributed by atoms with Crippen molar-refractivity contribution in [2.24, 2.45) is 5.41 Å². The Hall–Kier alpha value is -0.920. The fraction of sp³-hybridized carbons (Fsp3) is 0.643. The number of rotatable bonds is 5. The van der Waals surface area contributed by atoms with E-state index in [4.69, 9.17) is 5.11 Å². The third kappa shape index (κ3) is 3.00. The van der Waals surface area contributed by atoms with Gasteiger partial charge in [0.15, 0.2) is 0 Å². The van der Waals surface area contributed by atoms with Crippen LogP contribution in [0.25, 0.3) is 0 Å². The van der Waals surface area contributed by atoms with Crippen molar-refractivity contribution in [1.82, 2.24) is 4.31 Å². The van der Waals surface area contributed by atoms with Crippen LogP contribution in [-0.2, 0) is 10.0 Å². The van der Waals surface area contributed by atoms with Crippen LogP contribution < -0.4 is 0 Å². The van der Waals surface area contributed by atoms with Crippen molar-refractivity contribution in [1.29, 1.82) is 0 Å². The Morgan fingerprint density at radius 1 is 1.33 bits per heavy atom. The summed E-state index contributed by atoms with van der Waals surface area (Å²) >= 11 is 0.952. The van der Waals surface area contributed by atoms with Crippen LogP contribution in [0.5, 0.6) is 0 Å². The standard InChI is InChI=1S/C14H21NO4S2/c1-3-14(4-2)6-8-15(9-7-14)21(18,19)11-5-10-20-12(11)13(16)17/h5,10H,3-4,6-9H2,1-2H3,(H,16,17). The Kier molecular flexibility index (Phi) is 4.75. The number of carboxylic acids is 1. The summed E-state index contributed by atoms with van der Waals surface area (Å²) in [5.41, 5.74) is 0.232. The molecule has 1 aliphatic heterocycles. The number of piperidine rings is 1. The zero-order chi connectivity index (χ0) is 15.7. The van der Waals surface area contributed by atoms with Crippen molar-refractivity contribution in [3.63, 3.8) is 0 Å². The smallest absolute Gasteiger partial charge is 0.347 e. The molecule has 1 aliphatic rings. The van der Waals surface area contributed by atoms with Crippen molar-refractivity contribution in [3.05, 3.63) is 16.3 Å². The van der Waals surface area contributed by atoms with E-state index >= 15 is 0 Å². The third-order valence-electron chi connectivity index (χ3n) is 4.72. The Morgan fingerprint density at radius 3 is 2.38 bits per heavy atom. The van der Waals surface area contributed by atoms with E-state index in [2.05, 4.69) is 13.8 Å². The largest absolute Gasteiger partial charge is 0.477 e. The molecule has 118 valence electrons. The van der Waals surface area contributed by atoms with Crippen LogP contribution in [-0.4, -0.2) is 36.9 Å². The first-order chi connectivity index (χ1) is 9.86. The highest BCUT2D eigenvalue weighted by Gasteiger charge is 2.37. The number of hydrogen-bond donors (Lipinski definition) is 1. The average Bonchev–Trinajstić information content (AvgIpc) is 2.98. The molecule has 0 spiro atoms. The number of carbonyl (C=O) groups is 1. The molecule has 1 fully saturated rings. The van der Waals surface area contributed by atoms with Gasteiger partial charge >= 0.3 is 5.97 Å². The molecule has 1 aromatic rings. The van der Waals surface area contributed by atoms with Gasteiger partial charge in [-0.05, 0) is 29.7 Å². The van der Waals surface area contributed by atoms with Gasteiger partial charge in [0, 0.05) is 13.1 Å². The maximum absolute atomic E-state index is 12.6. The van der Waals surface area contributed by atoms with Crippen LogP contribution in [0.1, 0.15) is 49.2 Å². The highest BCUT2D eigenvalue weighted by molar-refractivity contribution is 7.89. The van der Waals surface area contributed by atoms with E-state index < -0.39 is 16.0 Å². The van der Waals surface area contributed by atoms with Gasteiger partial charge < -0.3 is 5.11 Å². The van der Waals surface area contributed by atoms with Crippen LogP contribution >= 0.6 is 11.3 Å². The minimum absolute atomic E-state index is 0.0690. The van der Waals surface area contributed by atoms with E-state index in [1.807, 2.05) is 0 Å².